The number of halogens is 2. The Morgan fingerprint density at radius 2 is 2.04 bits per heavy atom. The van der Waals surface area contributed by atoms with Crippen molar-refractivity contribution in [2.24, 2.45) is 0 Å². The van der Waals surface area contributed by atoms with Gasteiger partial charge in [0, 0.05) is 16.3 Å². The third-order valence-electron chi connectivity index (χ3n) is 4.35. The number of hydrogen-bond acceptors (Lipinski definition) is 6. The summed E-state index contributed by atoms with van der Waals surface area (Å²) in [6.07, 6.45) is 2.75. The Morgan fingerprint density at radius 1 is 1.21 bits per heavy atom. The van der Waals surface area contributed by atoms with Gasteiger partial charge in [0.15, 0.2) is 0 Å². The summed E-state index contributed by atoms with van der Waals surface area (Å²) in [5.74, 6) is -0.416. The molecule has 2 aromatic carbocycles. The number of anilines is 1. The fourth-order valence-corrected chi connectivity index (χ4v) is 3.59. The maximum absolute atomic E-state index is 6.44. The van der Waals surface area contributed by atoms with Gasteiger partial charge in [-0.2, -0.15) is 5.10 Å². The minimum absolute atomic E-state index is 0.284. The van der Waals surface area contributed by atoms with Crippen LogP contribution in [0, 0.1) is 0 Å². The molecule has 28 heavy (non-hydrogen) atoms. The van der Waals surface area contributed by atoms with Crippen LogP contribution in [0.5, 0.6) is 5.75 Å². The molecule has 0 bridgehead atoms. The molecule has 2 unspecified atom stereocenters. The number of nitrogen functional groups attached to an aromatic ring is 1. The van der Waals surface area contributed by atoms with E-state index in [-0.39, 0.29) is 12.6 Å². The first-order valence-electron chi connectivity index (χ1n) is 8.62. The normalized spacial score (nSPS) is 21.7. The van der Waals surface area contributed by atoms with Crippen LogP contribution in [0.25, 0.3) is 0 Å². The number of aromatic nitrogens is 3. The molecule has 1 saturated heterocycles. The molecule has 2 heterocycles. The standard InChI is InChI=1S/C19H18Cl2N4O3/c20-13-1-6-17(18(21)7-13)19(10-25-12-23-11-24-25)27-9-16(28-19)8-26-15-4-2-14(22)3-5-15/h1-7,11-12,16H,8-10,22H2. The lowest BCUT2D eigenvalue weighted by atomic mass is 10.1. The third-order valence-corrected chi connectivity index (χ3v) is 4.90. The summed E-state index contributed by atoms with van der Waals surface area (Å²) in [6, 6.07) is 12.4. The zero-order valence-corrected chi connectivity index (χ0v) is 16.3. The molecule has 0 radical (unpaired) electrons. The van der Waals surface area contributed by atoms with E-state index in [4.69, 9.17) is 43.1 Å². The van der Waals surface area contributed by atoms with Crippen LogP contribution < -0.4 is 10.5 Å². The summed E-state index contributed by atoms with van der Waals surface area (Å²) in [5.41, 5.74) is 7.05. The van der Waals surface area contributed by atoms with E-state index >= 15 is 0 Å². The van der Waals surface area contributed by atoms with E-state index < -0.39 is 5.79 Å². The Labute approximate surface area is 171 Å². The number of benzene rings is 2. The molecule has 4 rings (SSSR count). The van der Waals surface area contributed by atoms with E-state index in [2.05, 4.69) is 10.1 Å². The van der Waals surface area contributed by atoms with Crippen LogP contribution in [-0.4, -0.2) is 34.1 Å². The first kappa shape index (κ1) is 19.0. The van der Waals surface area contributed by atoms with Gasteiger partial charge in [-0.3, -0.25) is 0 Å². The molecule has 1 aliphatic rings. The lowest BCUT2D eigenvalue weighted by molar-refractivity contribution is -0.190. The highest BCUT2D eigenvalue weighted by Crippen LogP contribution is 2.40. The van der Waals surface area contributed by atoms with Gasteiger partial charge in [0.2, 0.25) is 5.79 Å². The van der Waals surface area contributed by atoms with Crippen molar-refractivity contribution in [2.75, 3.05) is 18.9 Å². The van der Waals surface area contributed by atoms with Crippen molar-refractivity contribution in [3.8, 4) is 5.75 Å². The van der Waals surface area contributed by atoms with Gasteiger partial charge < -0.3 is 19.9 Å². The van der Waals surface area contributed by atoms with Crippen LogP contribution in [0.2, 0.25) is 10.0 Å². The Morgan fingerprint density at radius 3 is 2.75 bits per heavy atom. The average Bonchev–Trinajstić information content (AvgIpc) is 3.32. The Balaban J connectivity index is 1.54. The maximum atomic E-state index is 6.44. The highest BCUT2D eigenvalue weighted by atomic mass is 35.5. The molecular formula is C19H18Cl2N4O3. The third kappa shape index (κ3) is 4.07. The van der Waals surface area contributed by atoms with Gasteiger partial charge in [0.1, 0.15) is 37.7 Å². The highest BCUT2D eigenvalue weighted by molar-refractivity contribution is 6.35. The van der Waals surface area contributed by atoms with E-state index in [1.54, 1.807) is 41.3 Å². The monoisotopic (exact) mass is 420 g/mol. The molecule has 1 fully saturated rings. The molecule has 3 aromatic rings. The number of hydrogen-bond donors (Lipinski definition) is 1. The van der Waals surface area contributed by atoms with E-state index in [1.807, 2.05) is 12.1 Å². The minimum atomic E-state index is -1.12. The van der Waals surface area contributed by atoms with Gasteiger partial charge in [0.25, 0.3) is 0 Å². The number of rotatable bonds is 6. The van der Waals surface area contributed by atoms with Gasteiger partial charge in [-0.1, -0.05) is 29.3 Å². The molecule has 9 heteroatoms. The van der Waals surface area contributed by atoms with Gasteiger partial charge in [-0.05, 0) is 36.4 Å². The summed E-state index contributed by atoms with van der Waals surface area (Å²) in [4.78, 5) is 3.98. The van der Waals surface area contributed by atoms with Gasteiger partial charge >= 0.3 is 0 Å². The van der Waals surface area contributed by atoms with E-state index in [9.17, 15) is 0 Å². The summed E-state index contributed by atoms with van der Waals surface area (Å²) in [5, 5.41) is 5.14. The zero-order valence-electron chi connectivity index (χ0n) is 14.8. The average molecular weight is 421 g/mol. The highest BCUT2D eigenvalue weighted by Gasteiger charge is 2.45. The minimum Gasteiger partial charge on any atom is -0.491 e. The molecule has 1 aromatic heterocycles. The first-order valence-corrected chi connectivity index (χ1v) is 9.38. The second-order valence-corrected chi connectivity index (χ2v) is 7.24. The van der Waals surface area contributed by atoms with Crippen molar-refractivity contribution in [2.45, 2.75) is 18.4 Å². The van der Waals surface area contributed by atoms with Crippen molar-refractivity contribution < 1.29 is 14.2 Å². The van der Waals surface area contributed by atoms with Crippen LogP contribution in [0.1, 0.15) is 5.56 Å². The van der Waals surface area contributed by atoms with E-state index in [1.165, 1.54) is 6.33 Å². The van der Waals surface area contributed by atoms with E-state index in [0.717, 1.165) is 0 Å². The van der Waals surface area contributed by atoms with Crippen LogP contribution >= 0.6 is 23.2 Å². The van der Waals surface area contributed by atoms with Crippen molar-refractivity contribution in [1.82, 2.24) is 14.8 Å². The number of nitrogens with zero attached hydrogens (tertiary/aromatic N) is 3. The topological polar surface area (TPSA) is 84.4 Å². The van der Waals surface area contributed by atoms with E-state index in [0.29, 0.717) is 40.3 Å². The smallest absolute Gasteiger partial charge is 0.217 e. The van der Waals surface area contributed by atoms with Crippen molar-refractivity contribution in [1.29, 1.82) is 0 Å². The fourth-order valence-electron chi connectivity index (χ4n) is 3.04. The SMILES string of the molecule is Nc1ccc(OCC2COC(Cn3cncn3)(c3ccc(Cl)cc3Cl)O2)cc1. The molecule has 0 saturated carbocycles. The van der Waals surface area contributed by atoms with Gasteiger partial charge in [-0.25, -0.2) is 9.67 Å². The van der Waals surface area contributed by atoms with Crippen LogP contribution in [-0.2, 0) is 21.8 Å². The summed E-state index contributed by atoms with van der Waals surface area (Å²) in [6.45, 7) is 0.934. The quantitative estimate of drug-likeness (QED) is 0.614. The summed E-state index contributed by atoms with van der Waals surface area (Å²) < 4.78 is 19.8. The molecule has 0 spiro atoms. The molecule has 2 N–H and O–H groups in total. The maximum Gasteiger partial charge on any atom is 0.217 e. The zero-order chi connectivity index (χ0) is 19.6. The molecular weight excluding hydrogens is 403 g/mol. The lowest BCUT2D eigenvalue weighted by Crippen LogP contribution is -2.35. The van der Waals surface area contributed by atoms with Crippen molar-refractivity contribution >= 4 is 28.9 Å². The van der Waals surface area contributed by atoms with Gasteiger partial charge in [-0.15, -0.1) is 0 Å². The Bertz CT molecular complexity index is 937. The molecule has 2 atom stereocenters. The second-order valence-electron chi connectivity index (χ2n) is 6.40. The Kier molecular flexibility index (Phi) is 5.41. The van der Waals surface area contributed by atoms with Crippen LogP contribution in [0.4, 0.5) is 5.69 Å². The molecule has 0 aliphatic carbocycles. The van der Waals surface area contributed by atoms with Crippen molar-refractivity contribution in [3.05, 3.63) is 70.7 Å². The predicted octanol–water partition coefficient (Wildman–Crippen LogP) is 3.51. The lowest BCUT2D eigenvalue weighted by Gasteiger charge is -2.29. The second kappa shape index (κ2) is 7.97. The summed E-state index contributed by atoms with van der Waals surface area (Å²) >= 11 is 12.5. The first-order chi connectivity index (χ1) is 13.5. The van der Waals surface area contributed by atoms with Crippen LogP contribution in [0.3, 0.4) is 0 Å². The van der Waals surface area contributed by atoms with Crippen molar-refractivity contribution in [3.63, 3.8) is 0 Å². The molecule has 0 amide bonds. The Hall–Kier alpha value is -2.32. The summed E-state index contributed by atoms with van der Waals surface area (Å²) in [7, 11) is 0. The molecule has 146 valence electrons. The molecule has 1 aliphatic heterocycles. The number of ether oxygens (including phenoxy) is 3. The fraction of sp³-hybridized carbons (Fsp3) is 0.263. The van der Waals surface area contributed by atoms with Crippen LogP contribution in [0.15, 0.2) is 55.1 Å². The predicted molar refractivity (Wildman–Crippen MR) is 105 cm³/mol. The van der Waals surface area contributed by atoms with Gasteiger partial charge in [0.05, 0.1) is 11.6 Å². The number of nitrogens with two attached hydrogens (primary N) is 1. The molecule has 7 nitrogen and oxygen atoms in total. The largest absolute Gasteiger partial charge is 0.491 e.